The quantitative estimate of drug-likeness (QED) is 0.448. The second-order valence-electron chi connectivity index (χ2n) is 6.38. The molecule has 1 heterocycles. The van der Waals surface area contributed by atoms with Crippen molar-refractivity contribution in [1.82, 2.24) is 20.2 Å². The van der Waals surface area contributed by atoms with Crippen molar-refractivity contribution in [2.75, 3.05) is 0 Å². The molecule has 1 unspecified atom stereocenters. The summed E-state index contributed by atoms with van der Waals surface area (Å²) in [6, 6.07) is 18.0. The van der Waals surface area contributed by atoms with E-state index in [2.05, 4.69) is 15.4 Å². The van der Waals surface area contributed by atoms with E-state index in [1.807, 2.05) is 42.5 Å². The molecule has 4 nitrogen and oxygen atoms in total. The predicted molar refractivity (Wildman–Crippen MR) is 98.3 cm³/mol. The third-order valence-electron chi connectivity index (χ3n) is 4.55. The van der Waals surface area contributed by atoms with Gasteiger partial charge in [-0.15, -0.1) is 10.2 Å². The maximum Gasteiger partial charge on any atom is 0.416 e. The number of hydrogen-bond acceptors (Lipinski definition) is 3. The zero-order valence-electron chi connectivity index (χ0n) is 14.9. The number of aromatic nitrogens is 4. The molecule has 4 aromatic rings. The molecule has 0 N–H and O–H groups in total. The highest BCUT2D eigenvalue weighted by molar-refractivity contribution is 5.63. The van der Waals surface area contributed by atoms with Crippen LogP contribution in [0.15, 0.2) is 79.1 Å². The van der Waals surface area contributed by atoms with E-state index >= 15 is 0 Å². The minimum atomic E-state index is -4.60. The summed E-state index contributed by atoms with van der Waals surface area (Å²) in [6.45, 7) is 0. The van der Waals surface area contributed by atoms with Crippen molar-refractivity contribution in [3.63, 3.8) is 0 Å². The van der Waals surface area contributed by atoms with Crippen LogP contribution in [-0.4, -0.2) is 20.2 Å². The van der Waals surface area contributed by atoms with Gasteiger partial charge in [0.1, 0.15) is 11.9 Å². The highest BCUT2D eigenvalue weighted by atomic mass is 19.4. The first-order chi connectivity index (χ1) is 13.9. The number of nitrogens with zero attached hydrogens (tertiary/aromatic N) is 4. The maximum atomic E-state index is 14.6. The second-order valence-corrected chi connectivity index (χ2v) is 6.38. The summed E-state index contributed by atoms with van der Waals surface area (Å²) in [5.74, 6) is -0.785. The Labute approximate surface area is 163 Å². The van der Waals surface area contributed by atoms with Crippen LogP contribution in [0.2, 0.25) is 0 Å². The molecule has 0 aliphatic carbocycles. The number of tetrazole rings is 1. The highest BCUT2D eigenvalue weighted by Crippen LogP contribution is 2.35. The fraction of sp³-hybridized carbons (Fsp3) is 0.0952. The minimum Gasteiger partial charge on any atom is -0.207 e. The summed E-state index contributed by atoms with van der Waals surface area (Å²) in [5, 5.41) is 11.3. The molecule has 0 saturated carbocycles. The number of hydrogen-bond donors (Lipinski definition) is 0. The van der Waals surface area contributed by atoms with Crippen molar-refractivity contribution in [2.45, 2.75) is 12.2 Å². The summed E-state index contributed by atoms with van der Waals surface area (Å²) in [5.41, 5.74) is 1.30. The molecule has 3 aromatic carbocycles. The zero-order chi connectivity index (χ0) is 20.4. The van der Waals surface area contributed by atoms with Gasteiger partial charge in [0, 0.05) is 5.56 Å². The number of halogens is 4. The highest BCUT2D eigenvalue weighted by Gasteiger charge is 2.33. The van der Waals surface area contributed by atoms with E-state index in [4.69, 9.17) is 0 Å². The molecule has 0 radical (unpaired) electrons. The molecule has 0 bridgehead atoms. The third-order valence-corrected chi connectivity index (χ3v) is 4.55. The Bertz CT molecular complexity index is 1090. The van der Waals surface area contributed by atoms with Gasteiger partial charge in [-0.05, 0) is 40.1 Å². The van der Waals surface area contributed by atoms with Crippen molar-refractivity contribution < 1.29 is 17.6 Å². The molecule has 0 spiro atoms. The molecule has 0 saturated heterocycles. The topological polar surface area (TPSA) is 43.6 Å². The first kappa shape index (κ1) is 18.8. The molecular weight excluding hydrogens is 384 g/mol. The Kier molecular flexibility index (Phi) is 4.84. The van der Waals surface area contributed by atoms with Crippen LogP contribution in [0, 0.1) is 5.82 Å². The average Bonchev–Trinajstić information content (AvgIpc) is 3.24. The predicted octanol–water partition coefficient (Wildman–Crippen LogP) is 5.14. The van der Waals surface area contributed by atoms with Crippen LogP contribution in [0.25, 0.3) is 11.1 Å². The molecular formula is C21H14F4N4. The van der Waals surface area contributed by atoms with Gasteiger partial charge in [-0.2, -0.15) is 18.0 Å². The van der Waals surface area contributed by atoms with Gasteiger partial charge >= 0.3 is 6.18 Å². The van der Waals surface area contributed by atoms with Crippen LogP contribution in [0.1, 0.15) is 22.7 Å². The molecule has 0 amide bonds. The van der Waals surface area contributed by atoms with E-state index in [1.54, 1.807) is 12.1 Å². The van der Waals surface area contributed by atoms with E-state index in [0.717, 1.165) is 34.4 Å². The lowest BCUT2D eigenvalue weighted by molar-refractivity contribution is -0.137. The van der Waals surface area contributed by atoms with Gasteiger partial charge in [-0.1, -0.05) is 54.6 Å². The smallest absolute Gasteiger partial charge is 0.207 e. The van der Waals surface area contributed by atoms with Crippen molar-refractivity contribution in [2.24, 2.45) is 0 Å². The summed E-state index contributed by atoms with van der Waals surface area (Å²) >= 11 is 0. The lowest BCUT2D eigenvalue weighted by Crippen LogP contribution is -2.18. The van der Waals surface area contributed by atoms with Crippen LogP contribution in [0.4, 0.5) is 17.6 Å². The number of benzene rings is 3. The average molecular weight is 398 g/mol. The van der Waals surface area contributed by atoms with Gasteiger partial charge in [0.25, 0.3) is 0 Å². The molecule has 29 heavy (non-hydrogen) atoms. The van der Waals surface area contributed by atoms with E-state index in [0.29, 0.717) is 11.6 Å². The first-order valence-corrected chi connectivity index (χ1v) is 8.68. The zero-order valence-corrected chi connectivity index (χ0v) is 14.9. The molecule has 146 valence electrons. The Morgan fingerprint density at radius 1 is 0.828 bits per heavy atom. The van der Waals surface area contributed by atoms with Crippen LogP contribution in [0.3, 0.4) is 0 Å². The monoisotopic (exact) mass is 398 g/mol. The fourth-order valence-corrected chi connectivity index (χ4v) is 3.15. The largest absolute Gasteiger partial charge is 0.416 e. The van der Waals surface area contributed by atoms with E-state index in [1.165, 1.54) is 0 Å². The van der Waals surface area contributed by atoms with Crippen molar-refractivity contribution in [3.8, 4) is 11.1 Å². The van der Waals surface area contributed by atoms with Gasteiger partial charge in [0.15, 0.2) is 6.33 Å². The summed E-state index contributed by atoms with van der Waals surface area (Å²) in [4.78, 5) is 1.09. The molecule has 0 fully saturated rings. The van der Waals surface area contributed by atoms with Crippen molar-refractivity contribution in [3.05, 3.63) is 102 Å². The molecule has 4 rings (SSSR count). The lowest BCUT2D eigenvalue weighted by atomic mass is 9.95. The van der Waals surface area contributed by atoms with Gasteiger partial charge in [0.05, 0.1) is 5.56 Å². The standard InChI is InChI=1S/C21H14F4N4/c22-19-11-10-17(21(23,24)25)12-18(19)20(29-27-13-26-28-29)16-8-6-15(7-9-16)14-4-2-1-3-5-14/h1-13,20H. The van der Waals surface area contributed by atoms with Crippen LogP contribution < -0.4 is 0 Å². The second kappa shape index (κ2) is 7.46. The molecule has 8 heteroatoms. The summed E-state index contributed by atoms with van der Waals surface area (Å²) < 4.78 is 54.1. The van der Waals surface area contributed by atoms with Crippen LogP contribution >= 0.6 is 0 Å². The SMILES string of the molecule is Fc1ccc(C(F)(F)F)cc1C(c1ccc(-c2ccccc2)cc1)n1ncnn1. The van der Waals surface area contributed by atoms with Crippen LogP contribution in [0.5, 0.6) is 0 Å². The number of alkyl halides is 3. The molecule has 0 aliphatic heterocycles. The fourth-order valence-electron chi connectivity index (χ4n) is 3.15. The van der Waals surface area contributed by atoms with Gasteiger partial charge < -0.3 is 0 Å². The normalized spacial score (nSPS) is 12.7. The van der Waals surface area contributed by atoms with Gasteiger partial charge in [-0.3, -0.25) is 0 Å². The van der Waals surface area contributed by atoms with E-state index in [-0.39, 0.29) is 5.56 Å². The maximum absolute atomic E-state index is 14.6. The Balaban J connectivity index is 1.81. The van der Waals surface area contributed by atoms with Crippen molar-refractivity contribution in [1.29, 1.82) is 0 Å². The van der Waals surface area contributed by atoms with E-state index < -0.39 is 23.6 Å². The minimum absolute atomic E-state index is 0.190. The Hall–Kier alpha value is -3.55. The van der Waals surface area contributed by atoms with E-state index in [9.17, 15) is 17.6 Å². The molecule has 0 aliphatic rings. The van der Waals surface area contributed by atoms with Crippen molar-refractivity contribution >= 4 is 0 Å². The third kappa shape index (κ3) is 3.87. The van der Waals surface area contributed by atoms with Gasteiger partial charge in [-0.25, -0.2) is 4.39 Å². The number of rotatable bonds is 4. The van der Waals surface area contributed by atoms with Crippen LogP contribution in [-0.2, 0) is 6.18 Å². The lowest BCUT2D eigenvalue weighted by Gasteiger charge is -2.19. The van der Waals surface area contributed by atoms with Gasteiger partial charge in [0.2, 0.25) is 0 Å². The summed E-state index contributed by atoms with van der Waals surface area (Å²) in [7, 11) is 0. The summed E-state index contributed by atoms with van der Waals surface area (Å²) in [6.07, 6.45) is -3.45. The molecule has 1 aromatic heterocycles. The first-order valence-electron chi connectivity index (χ1n) is 8.68. The Morgan fingerprint density at radius 2 is 1.52 bits per heavy atom. The molecule has 1 atom stereocenters. The Morgan fingerprint density at radius 3 is 2.14 bits per heavy atom.